The van der Waals surface area contributed by atoms with Gasteiger partial charge in [-0.25, -0.2) is 4.79 Å². The van der Waals surface area contributed by atoms with E-state index >= 15 is 0 Å². The van der Waals surface area contributed by atoms with Gasteiger partial charge in [-0.15, -0.1) is 0 Å². The van der Waals surface area contributed by atoms with Gasteiger partial charge >= 0.3 is 5.97 Å². The van der Waals surface area contributed by atoms with E-state index in [0.29, 0.717) is 20.9 Å². The molecular weight excluding hydrogens is 341 g/mol. The highest BCUT2D eigenvalue weighted by atomic mass is 79.9. The SMILES string of the molecule is COc1c(Br)cc(Cl)cc1NC(=O)COCC(=O)O. The Morgan fingerprint density at radius 2 is 2.11 bits per heavy atom. The predicted octanol–water partition coefficient (Wildman–Crippen LogP) is 2.15. The largest absolute Gasteiger partial charge is 0.493 e. The van der Waals surface area contributed by atoms with Crippen molar-refractivity contribution < 1.29 is 24.2 Å². The molecule has 1 rings (SSSR count). The molecule has 0 unspecified atom stereocenters. The van der Waals surface area contributed by atoms with Crippen LogP contribution in [0.5, 0.6) is 5.75 Å². The molecule has 0 saturated carbocycles. The van der Waals surface area contributed by atoms with Crippen LogP contribution < -0.4 is 10.1 Å². The highest BCUT2D eigenvalue weighted by Gasteiger charge is 2.12. The Bertz CT molecular complexity index is 494. The van der Waals surface area contributed by atoms with Crippen molar-refractivity contribution in [3.05, 3.63) is 21.6 Å². The quantitative estimate of drug-likeness (QED) is 0.819. The molecule has 2 N–H and O–H groups in total. The second-order valence-corrected chi connectivity index (χ2v) is 4.69. The number of carboxylic acid groups (broad SMARTS) is 1. The van der Waals surface area contributed by atoms with Gasteiger partial charge in [0.25, 0.3) is 0 Å². The van der Waals surface area contributed by atoms with Gasteiger partial charge in [0.1, 0.15) is 13.2 Å². The number of hydrogen-bond donors (Lipinski definition) is 2. The summed E-state index contributed by atoms with van der Waals surface area (Å²) in [5.74, 6) is -1.24. The minimum atomic E-state index is -1.14. The van der Waals surface area contributed by atoms with Crippen molar-refractivity contribution in [3.63, 3.8) is 0 Å². The minimum absolute atomic E-state index is 0.366. The first-order valence-corrected chi connectivity index (χ1v) is 6.23. The van der Waals surface area contributed by atoms with Crippen LogP contribution in [0.4, 0.5) is 5.69 Å². The van der Waals surface area contributed by atoms with Crippen LogP contribution in [0.1, 0.15) is 0 Å². The normalized spacial score (nSPS) is 10.1. The zero-order valence-corrected chi connectivity index (χ0v) is 12.2. The zero-order valence-electron chi connectivity index (χ0n) is 9.91. The molecule has 6 nitrogen and oxygen atoms in total. The van der Waals surface area contributed by atoms with Gasteiger partial charge in [-0.05, 0) is 28.1 Å². The van der Waals surface area contributed by atoms with Crippen molar-refractivity contribution in [2.24, 2.45) is 0 Å². The van der Waals surface area contributed by atoms with E-state index in [0.717, 1.165) is 0 Å². The fraction of sp³-hybridized carbons (Fsp3) is 0.273. The maximum Gasteiger partial charge on any atom is 0.329 e. The maximum atomic E-state index is 11.5. The van der Waals surface area contributed by atoms with Crippen LogP contribution >= 0.6 is 27.5 Å². The van der Waals surface area contributed by atoms with Gasteiger partial charge in [-0.1, -0.05) is 11.6 Å². The number of hydrogen-bond acceptors (Lipinski definition) is 4. The van der Waals surface area contributed by atoms with E-state index in [4.69, 9.17) is 21.4 Å². The Balaban J connectivity index is 2.70. The molecule has 1 aromatic carbocycles. The lowest BCUT2D eigenvalue weighted by molar-refractivity contribution is -0.143. The van der Waals surface area contributed by atoms with Crippen molar-refractivity contribution in [2.75, 3.05) is 25.6 Å². The van der Waals surface area contributed by atoms with Crippen molar-refractivity contribution in [1.82, 2.24) is 0 Å². The van der Waals surface area contributed by atoms with Crippen LogP contribution in [0.3, 0.4) is 0 Å². The second-order valence-electron chi connectivity index (χ2n) is 3.40. The first-order chi connectivity index (χ1) is 8.93. The van der Waals surface area contributed by atoms with E-state index in [2.05, 4.69) is 26.0 Å². The summed E-state index contributed by atoms with van der Waals surface area (Å²) in [7, 11) is 1.45. The lowest BCUT2D eigenvalue weighted by atomic mass is 10.3. The second kappa shape index (κ2) is 7.32. The lowest BCUT2D eigenvalue weighted by Gasteiger charge is -2.12. The number of ether oxygens (including phenoxy) is 2. The molecule has 8 heteroatoms. The summed E-state index contributed by atoms with van der Waals surface area (Å²) in [6, 6.07) is 3.14. The highest BCUT2D eigenvalue weighted by Crippen LogP contribution is 2.36. The third kappa shape index (κ3) is 5.06. The Hall–Kier alpha value is -1.31. The van der Waals surface area contributed by atoms with E-state index in [1.807, 2.05) is 0 Å². The Labute approximate surface area is 122 Å². The number of carboxylic acids is 1. The fourth-order valence-corrected chi connectivity index (χ4v) is 2.25. The average molecular weight is 353 g/mol. The van der Waals surface area contributed by atoms with E-state index in [-0.39, 0.29) is 6.61 Å². The summed E-state index contributed by atoms with van der Waals surface area (Å²) in [5.41, 5.74) is 0.366. The Morgan fingerprint density at radius 1 is 1.42 bits per heavy atom. The maximum absolute atomic E-state index is 11.5. The molecule has 0 fully saturated rings. The van der Waals surface area contributed by atoms with Gasteiger partial charge in [-0.2, -0.15) is 0 Å². The Kier molecular flexibility index (Phi) is 6.07. The summed E-state index contributed by atoms with van der Waals surface area (Å²) in [4.78, 5) is 21.8. The average Bonchev–Trinajstić information content (AvgIpc) is 2.27. The first kappa shape index (κ1) is 15.7. The van der Waals surface area contributed by atoms with E-state index in [1.165, 1.54) is 13.2 Å². The highest BCUT2D eigenvalue weighted by molar-refractivity contribution is 9.10. The third-order valence-corrected chi connectivity index (χ3v) is 2.75. The van der Waals surface area contributed by atoms with E-state index < -0.39 is 18.5 Å². The van der Waals surface area contributed by atoms with Crippen molar-refractivity contribution in [1.29, 1.82) is 0 Å². The summed E-state index contributed by atoms with van der Waals surface area (Å²) in [5, 5.41) is 11.3. The lowest BCUT2D eigenvalue weighted by Crippen LogP contribution is -2.21. The summed E-state index contributed by atoms with van der Waals surface area (Å²) in [6.07, 6.45) is 0. The van der Waals surface area contributed by atoms with Crippen LogP contribution in [0, 0.1) is 0 Å². The molecule has 0 atom stereocenters. The topological polar surface area (TPSA) is 84.9 Å². The van der Waals surface area contributed by atoms with E-state index in [1.54, 1.807) is 6.07 Å². The van der Waals surface area contributed by atoms with Crippen LogP contribution in [-0.4, -0.2) is 37.3 Å². The number of carbonyl (C=O) groups excluding carboxylic acids is 1. The van der Waals surface area contributed by atoms with Crippen LogP contribution in [0.25, 0.3) is 0 Å². The molecule has 0 heterocycles. The molecule has 1 aromatic rings. The molecule has 0 aromatic heterocycles. The van der Waals surface area contributed by atoms with Crippen molar-refractivity contribution in [2.45, 2.75) is 0 Å². The molecule has 0 bridgehead atoms. The van der Waals surface area contributed by atoms with Crippen LogP contribution in [0.2, 0.25) is 5.02 Å². The molecule has 19 heavy (non-hydrogen) atoms. The summed E-state index contributed by atoms with van der Waals surface area (Å²) >= 11 is 9.11. The smallest absolute Gasteiger partial charge is 0.329 e. The van der Waals surface area contributed by atoms with Gasteiger partial charge < -0.3 is 19.9 Å². The molecule has 0 spiro atoms. The number of benzene rings is 1. The number of aliphatic carboxylic acids is 1. The number of amides is 1. The van der Waals surface area contributed by atoms with Crippen molar-refractivity contribution in [3.8, 4) is 5.75 Å². The molecule has 1 amide bonds. The predicted molar refractivity (Wildman–Crippen MR) is 72.8 cm³/mol. The van der Waals surface area contributed by atoms with Gasteiger partial charge in [0, 0.05) is 5.02 Å². The van der Waals surface area contributed by atoms with Gasteiger partial charge in [0.2, 0.25) is 5.91 Å². The van der Waals surface area contributed by atoms with Crippen molar-refractivity contribution >= 4 is 45.1 Å². The van der Waals surface area contributed by atoms with Gasteiger partial charge in [-0.3, -0.25) is 4.79 Å². The molecule has 0 aliphatic heterocycles. The first-order valence-electron chi connectivity index (χ1n) is 5.06. The molecule has 0 radical (unpaired) electrons. The fourth-order valence-electron chi connectivity index (χ4n) is 1.28. The number of anilines is 1. The number of methoxy groups -OCH3 is 1. The third-order valence-electron chi connectivity index (χ3n) is 1.95. The van der Waals surface area contributed by atoms with Gasteiger partial charge in [0.15, 0.2) is 5.75 Å². The summed E-state index contributed by atoms with van der Waals surface area (Å²) in [6.45, 7) is -0.913. The van der Waals surface area contributed by atoms with Crippen LogP contribution in [-0.2, 0) is 14.3 Å². The number of carbonyl (C=O) groups is 2. The Morgan fingerprint density at radius 3 is 2.68 bits per heavy atom. The molecular formula is C11H11BrClNO5. The standard InChI is InChI=1S/C11H11BrClNO5/c1-18-11-7(12)2-6(13)3-8(11)14-9(15)4-19-5-10(16)17/h2-3H,4-5H2,1H3,(H,14,15)(H,16,17). The molecule has 104 valence electrons. The molecule has 0 aliphatic carbocycles. The number of halogens is 2. The van der Waals surface area contributed by atoms with Crippen LogP contribution in [0.15, 0.2) is 16.6 Å². The molecule has 0 aliphatic rings. The number of nitrogens with one attached hydrogen (secondary N) is 1. The summed E-state index contributed by atoms with van der Waals surface area (Å²) < 4.78 is 10.4. The number of rotatable bonds is 6. The van der Waals surface area contributed by atoms with E-state index in [9.17, 15) is 9.59 Å². The monoisotopic (exact) mass is 351 g/mol. The zero-order chi connectivity index (χ0) is 14.4. The molecule has 0 saturated heterocycles. The van der Waals surface area contributed by atoms with Gasteiger partial charge in [0.05, 0.1) is 17.3 Å². The minimum Gasteiger partial charge on any atom is -0.493 e.